The number of hydrogen-bond donors (Lipinski definition) is 1. The summed E-state index contributed by atoms with van der Waals surface area (Å²) in [7, 11) is 1.63. The fraction of sp³-hybridized carbons (Fsp3) is 0.429. The predicted octanol–water partition coefficient (Wildman–Crippen LogP) is 2.50. The monoisotopic (exact) mass is 262 g/mol. The van der Waals surface area contributed by atoms with E-state index >= 15 is 0 Å². The number of benzene rings is 1. The Kier molecular flexibility index (Phi) is 3.85. The van der Waals surface area contributed by atoms with Crippen molar-refractivity contribution in [3.05, 3.63) is 29.5 Å². The topological polar surface area (TPSA) is 64.4 Å². The molecule has 1 aromatic carbocycles. The van der Waals surface area contributed by atoms with Gasteiger partial charge in [0.25, 0.3) is 0 Å². The van der Waals surface area contributed by atoms with Gasteiger partial charge in [0.1, 0.15) is 0 Å². The van der Waals surface area contributed by atoms with Gasteiger partial charge >= 0.3 is 5.97 Å². The van der Waals surface area contributed by atoms with Crippen LogP contribution < -0.4 is 0 Å². The third-order valence-electron chi connectivity index (χ3n) is 3.19. The van der Waals surface area contributed by atoms with E-state index < -0.39 is 5.97 Å². The van der Waals surface area contributed by atoms with Gasteiger partial charge < -0.3 is 9.84 Å². The average Bonchev–Trinajstić information content (AvgIpc) is 2.77. The van der Waals surface area contributed by atoms with Gasteiger partial charge in [-0.2, -0.15) is 5.10 Å². The number of rotatable bonds is 5. The zero-order valence-electron chi connectivity index (χ0n) is 11.4. The van der Waals surface area contributed by atoms with Crippen LogP contribution in [-0.2, 0) is 11.3 Å². The summed E-state index contributed by atoms with van der Waals surface area (Å²) < 4.78 is 6.83. The van der Waals surface area contributed by atoms with Crippen molar-refractivity contribution in [3.63, 3.8) is 0 Å². The number of fused-ring (bicyclic) bond motifs is 1. The molecule has 0 aliphatic rings. The van der Waals surface area contributed by atoms with Crippen molar-refractivity contribution in [3.8, 4) is 0 Å². The number of methoxy groups -OCH3 is 1. The van der Waals surface area contributed by atoms with Gasteiger partial charge in [-0.1, -0.05) is 13.8 Å². The van der Waals surface area contributed by atoms with Gasteiger partial charge in [-0.05, 0) is 23.6 Å². The Morgan fingerprint density at radius 1 is 1.47 bits per heavy atom. The number of ether oxygens (including phenoxy) is 1. The smallest absolute Gasteiger partial charge is 0.336 e. The van der Waals surface area contributed by atoms with E-state index in [1.54, 1.807) is 24.1 Å². The standard InChI is InChI=1S/C14H18N2O3/c1-9(2)10-6-11(14(17)18)12-8-15-16(4-5-19-3)13(12)7-10/h6-9H,4-5H2,1-3H3,(H,17,18). The summed E-state index contributed by atoms with van der Waals surface area (Å²) in [6.45, 7) is 5.25. The number of hydrogen-bond acceptors (Lipinski definition) is 3. The Balaban J connectivity index is 2.60. The lowest BCUT2D eigenvalue weighted by molar-refractivity contribution is 0.0699. The molecule has 0 unspecified atom stereocenters. The number of aromatic nitrogens is 2. The van der Waals surface area contributed by atoms with Crippen LogP contribution in [0.15, 0.2) is 18.3 Å². The molecule has 0 atom stereocenters. The quantitative estimate of drug-likeness (QED) is 0.899. The van der Waals surface area contributed by atoms with E-state index in [0.717, 1.165) is 11.1 Å². The fourth-order valence-corrected chi connectivity index (χ4v) is 2.06. The van der Waals surface area contributed by atoms with Gasteiger partial charge in [0.15, 0.2) is 0 Å². The molecule has 5 heteroatoms. The normalized spacial score (nSPS) is 11.4. The van der Waals surface area contributed by atoms with Crippen LogP contribution in [0.4, 0.5) is 0 Å². The van der Waals surface area contributed by atoms with Gasteiger partial charge in [0.05, 0.1) is 30.4 Å². The summed E-state index contributed by atoms with van der Waals surface area (Å²) in [6.07, 6.45) is 1.61. The first-order chi connectivity index (χ1) is 9.04. The summed E-state index contributed by atoms with van der Waals surface area (Å²) >= 11 is 0. The van der Waals surface area contributed by atoms with E-state index in [1.165, 1.54) is 0 Å². The Bertz CT molecular complexity index is 602. The van der Waals surface area contributed by atoms with Crippen LogP contribution >= 0.6 is 0 Å². The molecule has 1 N–H and O–H groups in total. The second-order valence-electron chi connectivity index (χ2n) is 4.82. The molecule has 0 fully saturated rings. The molecular formula is C14H18N2O3. The average molecular weight is 262 g/mol. The van der Waals surface area contributed by atoms with Crippen molar-refractivity contribution in [2.75, 3.05) is 13.7 Å². The second-order valence-corrected chi connectivity index (χ2v) is 4.82. The molecule has 0 saturated carbocycles. The highest BCUT2D eigenvalue weighted by Gasteiger charge is 2.15. The molecule has 1 aromatic heterocycles. The Morgan fingerprint density at radius 2 is 2.21 bits per heavy atom. The van der Waals surface area contributed by atoms with E-state index in [9.17, 15) is 9.90 Å². The van der Waals surface area contributed by atoms with Gasteiger partial charge in [0.2, 0.25) is 0 Å². The molecule has 102 valence electrons. The van der Waals surface area contributed by atoms with Crippen molar-refractivity contribution in [1.82, 2.24) is 9.78 Å². The van der Waals surface area contributed by atoms with Crippen molar-refractivity contribution >= 4 is 16.9 Å². The first-order valence-corrected chi connectivity index (χ1v) is 6.26. The Hall–Kier alpha value is -1.88. The lowest BCUT2D eigenvalue weighted by Gasteiger charge is -2.09. The fourth-order valence-electron chi connectivity index (χ4n) is 2.06. The number of carboxylic acid groups (broad SMARTS) is 1. The van der Waals surface area contributed by atoms with E-state index in [2.05, 4.69) is 5.10 Å². The third-order valence-corrected chi connectivity index (χ3v) is 3.19. The highest BCUT2D eigenvalue weighted by Crippen LogP contribution is 2.25. The highest BCUT2D eigenvalue weighted by molar-refractivity contribution is 6.03. The van der Waals surface area contributed by atoms with E-state index in [1.807, 2.05) is 19.9 Å². The molecule has 1 heterocycles. The number of carboxylic acids is 1. The number of carbonyl (C=O) groups is 1. The lowest BCUT2D eigenvalue weighted by Crippen LogP contribution is -2.06. The Morgan fingerprint density at radius 3 is 2.79 bits per heavy atom. The number of aromatic carboxylic acids is 1. The van der Waals surface area contributed by atoms with E-state index in [4.69, 9.17) is 4.74 Å². The second kappa shape index (κ2) is 5.40. The maximum atomic E-state index is 11.4. The summed E-state index contributed by atoms with van der Waals surface area (Å²) in [5.41, 5.74) is 2.16. The molecular weight excluding hydrogens is 244 g/mol. The molecule has 0 aliphatic heterocycles. The van der Waals surface area contributed by atoms with Gasteiger partial charge in [0, 0.05) is 12.5 Å². The van der Waals surface area contributed by atoms with Crippen LogP contribution in [0, 0.1) is 0 Å². The summed E-state index contributed by atoms with van der Waals surface area (Å²) in [5.74, 6) is -0.646. The van der Waals surface area contributed by atoms with Crippen LogP contribution in [-0.4, -0.2) is 34.6 Å². The number of nitrogens with zero attached hydrogens (tertiary/aromatic N) is 2. The molecule has 0 bridgehead atoms. The van der Waals surface area contributed by atoms with Gasteiger partial charge in [-0.25, -0.2) is 4.79 Å². The molecule has 2 rings (SSSR count). The molecule has 2 aromatic rings. The summed E-state index contributed by atoms with van der Waals surface area (Å²) in [6, 6.07) is 3.74. The van der Waals surface area contributed by atoms with Crippen LogP contribution in [0.5, 0.6) is 0 Å². The Labute approximate surface area is 111 Å². The molecule has 5 nitrogen and oxygen atoms in total. The van der Waals surface area contributed by atoms with E-state index in [-0.39, 0.29) is 5.92 Å². The van der Waals surface area contributed by atoms with Crippen molar-refractivity contribution in [2.24, 2.45) is 0 Å². The maximum absolute atomic E-state index is 11.4. The summed E-state index contributed by atoms with van der Waals surface area (Å²) in [5, 5.41) is 14.2. The van der Waals surface area contributed by atoms with E-state index in [0.29, 0.717) is 24.1 Å². The summed E-state index contributed by atoms with van der Waals surface area (Å²) in [4.78, 5) is 11.4. The predicted molar refractivity (Wildman–Crippen MR) is 72.7 cm³/mol. The van der Waals surface area contributed by atoms with Crippen LogP contribution in [0.25, 0.3) is 10.9 Å². The maximum Gasteiger partial charge on any atom is 0.336 e. The molecule has 0 saturated heterocycles. The minimum absolute atomic E-state index is 0.272. The van der Waals surface area contributed by atoms with Crippen molar-refractivity contribution in [1.29, 1.82) is 0 Å². The van der Waals surface area contributed by atoms with Crippen molar-refractivity contribution < 1.29 is 14.6 Å². The highest BCUT2D eigenvalue weighted by atomic mass is 16.5. The lowest BCUT2D eigenvalue weighted by atomic mass is 9.98. The zero-order chi connectivity index (χ0) is 14.0. The van der Waals surface area contributed by atoms with Crippen LogP contribution in [0.2, 0.25) is 0 Å². The van der Waals surface area contributed by atoms with Crippen LogP contribution in [0.3, 0.4) is 0 Å². The zero-order valence-corrected chi connectivity index (χ0v) is 11.4. The van der Waals surface area contributed by atoms with Gasteiger partial charge in [-0.15, -0.1) is 0 Å². The van der Waals surface area contributed by atoms with Crippen LogP contribution in [0.1, 0.15) is 35.7 Å². The molecule has 0 aliphatic carbocycles. The molecule has 19 heavy (non-hydrogen) atoms. The molecule has 0 spiro atoms. The minimum atomic E-state index is -0.918. The SMILES string of the molecule is COCCn1ncc2c(C(=O)O)cc(C(C)C)cc21. The third kappa shape index (κ3) is 2.61. The first kappa shape index (κ1) is 13.5. The van der Waals surface area contributed by atoms with Crippen molar-refractivity contribution in [2.45, 2.75) is 26.3 Å². The minimum Gasteiger partial charge on any atom is -0.478 e. The molecule has 0 radical (unpaired) electrons. The van der Waals surface area contributed by atoms with Gasteiger partial charge in [-0.3, -0.25) is 4.68 Å². The first-order valence-electron chi connectivity index (χ1n) is 6.26. The molecule has 0 amide bonds. The largest absolute Gasteiger partial charge is 0.478 e.